The molecule has 3 nitrogen and oxygen atoms in total. The molecule has 0 atom stereocenters. The number of nitrogens with one attached hydrogen (secondary N) is 2. The number of hydrogen-bond acceptors (Lipinski definition) is 1. The van der Waals surface area contributed by atoms with Gasteiger partial charge in [0.15, 0.2) is 17.5 Å². The number of carbonyl (C=O) groups is 1. The molecule has 0 spiro atoms. The maximum atomic E-state index is 13.3. The van der Waals surface area contributed by atoms with Crippen molar-refractivity contribution in [2.45, 2.75) is 6.54 Å². The van der Waals surface area contributed by atoms with Crippen LogP contribution in [0.25, 0.3) is 0 Å². The normalized spacial score (nSPS) is 10.3. The second kappa shape index (κ2) is 6.25. The number of amides is 2. The summed E-state index contributed by atoms with van der Waals surface area (Å²) in [5.74, 6) is -4.96. The molecule has 0 aliphatic rings. The zero-order valence-corrected chi connectivity index (χ0v) is 10.6. The summed E-state index contributed by atoms with van der Waals surface area (Å²) in [5, 5.41) is 4.37. The number of benzene rings is 2. The van der Waals surface area contributed by atoms with E-state index in [4.69, 9.17) is 0 Å². The first kappa shape index (κ1) is 14.8. The Bertz CT molecular complexity index is 676. The molecular formula is C14H10F4N2O. The summed E-state index contributed by atoms with van der Waals surface area (Å²) in [6, 6.07) is 6.29. The predicted molar refractivity (Wildman–Crippen MR) is 68.6 cm³/mol. The minimum atomic E-state index is -1.67. The van der Waals surface area contributed by atoms with Crippen molar-refractivity contribution < 1.29 is 22.4 Å². The summed E-state index contributed by atoms with van der Waals surface area (Å²) >= 11 is 0. The van der Waals surface area contributed by atoms with Gasteiger partial charge in [-0.1, -0.05) is 12.1 Å². The highest BCUT2D eigenvalue weighted by Crippen LogP contribution is 2.19. The first-order chi connectivity index (χ1) is 9.97. The lowest BCUT2D eigenvalue weighted by molar-refractivity contribution is 0.251. The van der Waals surface area contributed by atoms with Gasteiger partial charge < -0.3 is 10.6 Å². The van der Waals surface area contributed by atoms with Crippen LogP contribution in [0.3, 0.4) is 0 Å². The van der Waals surface area contributed by atoms with Gasteiger partial charge in [-0.05, 0) is 29.8 Å². The van der Waals surface area contributed by atoms with Crippen molar-refractivity contribution in [3.63, 3.8) is 0 Å². The molecule has 0 aliphatic heterocycles. The lowest BCUT2D eigenvalue weighted by Gasteiger charge is -2.09. The van der Waals surface area contributed by atoms with Gasteiger partial charge in [0.2, 0.25) is 0 Å². The molecule has 2 rings (SSSR count). The van der Waals surface area contributed by atoms with Crippen LogP contribution in [-0.2, 0) is 6.54 Å². The average molecular weight is 298 g/mol. The summed E-state index contributed by atoms with van der Waals surface area (Å²) in [7, 11) is 0. The van der Waals surface area contributed by atoms with E-state index in [-0.39, 0.29) is 6.54 Å². The molecule has 2 N–H and O–H groups in total. The summed E-state index contributed by atoms with van der Waals surface area (Å²) in [5.41, 5.74) is 0.00144. The summed E-state index contributed by atoms with van der Waals surface area (Å²) in [4.78, 5) is 11.5. The predicted octanol–water partition coefficient (Wildman–Crippen LogP) is 3.56. The van der Waals surface area contributed by atoms with Gasteiger partial charge in [0.1, 0.15) is 5.82 Å². The summed E-state index contributed by atoms with van der Waals surface area (Å²) in [6.07, 6.45) is 0. The Morgan fingerprint density at radius 3 is 2.48 bits per heavy atom. The van der Waals surface area contributed by atoms with E-state index in [0.717, 1.165) is 6.07 Å². The topological polar surface area (TPSA) is 41.1 Å². The fraction of sp³-hybridized carbons (Fsp3) is 0.0714. The number of anilines is 1. The molecule has 0 fully saturated rings. The zero-order valence-electron chi connectivity index (χ0n) is 10.6. The third-order valence-corrected chi connectivity index (χ3v) is 2.63. The highest BCUT2D eigenvalue weighted by atomic mass is 19.2. The SMILES string of the molecule is O=C(NCc1cccc(F)c1)Nc1ccc(F)c(F)c1F. The Labute approximate surface area is 117 Å². The van der Waals surface area contributed by atoms with Crippen molar-refractivity contribution in [1.29, 1.82) is 0 Å². The van der Waals surface area contributed by atoms with Gasteiger partial charge in [0.05, 0.1) is 5.69 Å². The Morgan fingerprint density at radius 1 is 1.00 bits per heavy atom. The molecule has 2 amide bonds. The standard InChI is InChI=1S/C14H10F4N2O/c15-9-3-1-2-8(6-9)7-19-14(21)20-11-5-4-10(16)12(17)13(11)18/h1-6H,7H2,(H2,19,20,21). The number of urea groups is 1. The van der Waals surface area contributed by atoms with Crippen molar-refractivity contribution in [2.24, 2.45) is 0 Å². The van der Waals surface area contributed by atoms with Crippen molar-refractivity contribution in [2.75, 3.05) is 5.32 Å². The summed E-state index contributed by atoms with van der Waals surface area (Å²) < 4.78 is 51.9. The maximum Gasteiger partial charge on any atom is 0.319 e. The van der Waals surface area contributed by atoms with E-state index in [1.807, 2.05) is 5.32 Å². The Morgan fingerprint density at radius 2 is 1.76 bits per heavy atom. The van der Waals surface area contributed by atoms with Crippen LogP contribution < -0.4 is 10.6 Å². The molecular weight excluding hydrogens is 288 g/mol. The highest BCUT2D eigenvalue weighted by Gasteiger charge is 2.14. The fourth-order valence-corrected chi connectivity index (χ4v) is 1.62. The molecule has 0 aromatic heterocycles. The quantitative estimate of drug-likeness (QED) is 0.660. The minimum Gasteiger partial charge on any atom is -0.334 e. The van der Waals surface area contributed by atoms with Crippen LogP contribution in [0.2, 0.25) is 0 Å². The number of halogens is 4. The molecule has 0 heterocycles. The molecule has 21 heavy (non-hydrogen) atoms. The maximum absolute atomic E-state index is 13.3. The molecule has 0 unspecified atom stereocenters. The Balaban J connectivity index is 1.98. The molecule has 0 saturated carbocycles. The third-order valence-electron chi connectivity index (χ3n) is 2.63. The lowest BCUT2D eigenvalue weighted by atomic mass is 10.2. The van der Waals surface area contributed by atoms with Crippen molar-refractivity contribution in [1.82, 2.24) is 5.32 Å². The molecule has 110 valence electrons. The molecule has 2 aromatic rings. The highest BCUT2D eigenvalue weighted by molar-refractivity contribution is 5.89. The lowest BCUT2D eigenvalue weighted by Crippen LogP contribution is -2.28. The van der Waals surface area contributed by atoms with Crippen molar-refractivity contribution in [3.8, 4) is 0 Å². The molecule has 2 aromatic carbocycles. The van der Waals surface area contributed by atoms with Gasteiger partial charge in [-0.15, -0.1) is 0 Å². The Kier molecular flexibility index (Phi) is 4.42. The average Bonchev–Trinajstić information content (AvgIpc) is 2.46. The molecule has 0 aliphatic carbocycles. The van der Waals surface area contributed by atoms with Crippen LogP contribution in [0.15, 0.2) is 36.4 Å². The minimum absolute atomic E-state index is 0.00507. The van der Waals surface area contributed by atoms with Gasteiger partial charge in [-0.3, -0.25) is 0 Å². The van der Waals surface area contributed by atoms with Gasteiger partial charge in [0.25, 0.3) is 0 Å². The van der Waals surface area contributed by atoms with E-state index in [9.17, 15) is 22.4 Å². The van der Waals surface area contributed by atoms with E-state index < -0.39 is 35.0 Å². The zero-order chi connectivity index (χ0) is 15.4. The van der Waals surface area contributed by atoms with Gasteiger partial charge in [-0.25, -0.2) is 22.4 Å². The molecule has 0 radical (unpaired) electrons. The van der Waals surface area contributed by atoms with Crippen molar-refractivity contribution in [3.05, 3.63) is 65.2 Å². The number of rotatable bonds is 3. The van der Waals surface area contributed by atoms with E-state index in [1.54, 1.807) is 6.07 Å². The van der Waals surface area contributed by atoms with Crippen LogP contribution in [0.5, 0.6) is 0 Å². The fourth-order valence-electron chi connectivity index (χ4n) is 1.62. The second-order valence-electron chi connectivity index (χ2n) is 4.16. The van der Waals surface area contributed by atoms with Crippen LogP contribution in [0.1, 0.15) is 5.56 Å². The molecule has 0 bridgehead atoms. The summed E-state index contributed by atoms with van der Waals surface area (Å²) in [6.45, 7) is -0.00507. The van der Waals surface area contributed by atoms with E-state index in [2.05, 4.69) is 5.32 Å². The number of hydrogen-bond donors (Lipinski definition) is 2. The van der Waals surface area contributed by atoms with Gasteiger partial charge in [0, 0.05) is 6.54 Å². The van der Waals surface area contributed by atoms with Crippen LogP contribution >= 0.6 is 0 Å². The number of carbonyl (C=O) groups excluding carboxylic acids is 1. The third kappa shape index (κ3) is 3.71. The van der Waals surface area contributed by atoms with Crippen LogP contribution in [0, 0.1) is 23.3 Å². The molecule has 7 heteroatoms. The van der Waals surface area contributed by atoms with E-state index in [1.165, 1.54) is 18.2 Å². The van der Waals surface area contributed by atoms with E-state index >= 15 is 0 Å². The smallest absolute Gasteiger partial charge is 0.319 e. The van der Waals surface area contributed by atoms with Crippen molar-refractivity contribution >= 4 is 11.7 Å². The first-order valence-corrected chi connectivity index (χ1v) is 5.90. The van der Waals surface area contributed by atoms with Gasteiger partial charge >= 0.3 is 6.03 Å². The van der Waals surface area contributed by atoms with Gasteiger partial charge in [-0.2, -0.15) is 0 Å². The van der Waals surface area contributed by atoms with E-state index in [0.29, 0.717) is 11.6 Å². The largest absolute Gasteiger partial charge is 0.334 e. The first-order valence-electron chi connectivity index (χ1n) is 5.90. The monoisotopic (exact) mass is 298 g/mol. The Hall–Kier alpha value is -2.57. The van der Waals surface area contributed by atoms with Crippen LogP contribution in [0.4, 0.5) is 28.0 Å². The van der Waals surface area contributed by atoms with Crippen LogP contribution in [-0.4, -0.2) is 6.03 Å². The molecule has 0 saturated heterocycles. The second-order valence-corrected chi connectivity index (χ2v) is 4.16.